The number of methoxy groups -OCH3 is 1. The third-order valence-electron chi connectivity index (χ3n) is 6.23. The number of para-hydroxylation sites is 1. The average molecular weight is 499 g/mol. The van der Waals surface area contributed by atoms with Crippen molar-refractivity contribution in [3.63, 3.8) is 0 Å². The lowest BCUT2D eigenvalue weighted by Gasteiger charge is -2.36. The maximum atomic E-state index is 13.3. The highest BCUT2D eigenvalue weighted by Gasteiger charge is 2.24. The SMILES string of the molecule is COc1cccc(NC(=O)Nc2cnc3c(C(=O)N4CCN(c5ccccc5)CC4)cccn3c2=O)c1. The number of carbonyl (C=O) groups is 2. The molecule has 0 saturated carbocycles. The van der Waals surface area contributed by atoms with E-state index in [0.717, 1.165) is 5.69 Å². The van der Waals surface area contributed by atoms with Crippen LogP contribution in [0.3, 0.4) is 0 Å². The van der Waals surface area contributed by atoms with E-state index in [-0.39, 0.29) is 17.2 Å². The lowest BCUT2D eigenvalue weighted by atomic mass is 10.2. The number of fused-ring (bicyclic) bond motifs is 1. The first-order chi connectivity index (χ1) is 18.0. The standard InChI is InChI=1S/C27H26N6O4/c1-37-21-10-5-7-19(17-21)29-27(36)30-23-18-28-24-22(11-6-12-33(24)26(23)35)25(34)32-15-13-31(14-16-32)20-8-3-2-4-9-20/h2-12,17-18H,13-16H2,1H3,(H2,29,30,36). The molecule has 1 fully saturated rings. The van der Waals surface area contributed by atoms with Gasteiger partial charge in [0.2, 0.25) is 0 Å². The van der Waals surface area contributed by atoms with Crippen molar-refractivity contribution in [1.82, 2.24) is 14.3 Å². The highest BCUT2D eigenvalue weighted by atomic mass is 16.5. The maximum absolute atomic E-state index is 13.3. The Balaban J connectivity index is 1.31. The molecule has 0 spiro atoms. The molecule has 0 atom stereocenters. The van der Waals surface area contributed by atoms with Gasteiger partial charge in [-0.1, -0.05) is 24.3 Å². The Hall–Kier alpha value is -4.86. The van der Waals surface area contributed by atoms with Gasteiger partial charge in [0.1, 0.15) is 11.4 Å². The van der Waals surface area contributed by atoms with E-state index >= 15 is 0 Å². The van der Waals surface area contributed by atoms with Crippen molar-refractivity contribution in [3.05, 3.63) is 95.0 Å². The number of anilines is 3. The van der Waals surface area contributed by atoms with Gasteiger partial charge in [-0.25, -0.2) is 9.78 Å². The molecule has 3 amide bonds. The predicted octanol–water partition coefficient (Wildman–Crippen LogP) is 3.31. The lowest BCUT2D eigenvalue weighted by Crippen LogP contribution is -2.49. The molecule has 188 valence electrons. The molecular formula is C27H26N6O4. The molecular weight excluding hydrogens is 472 g/mol. The van der Waals surface area contributed by atoms with Gasteiger partial charge in [0.15, 0.2) is 5.65 Å². The second-order valence-corrected chi connectivity index (χ2v) is 8.52. The molecule has 3 heterocycles. The third-order valence-corrected chi connectivity index (χ3v) is 6.23. The first-order valence-electron chi connectivity index (χ1n) is 11.9. The van der Waals surface area contributed by atoms with Crippen LogP contribution < -0.4 is 25.8 Å². The van der Waals surface area contributed by atoms with Crippen molar-refractivity contribution in [2.75, 3.05) is 48.8 Å². The lowest BCUT2D eigenvalue weighted by molar-refractivity contribution is 0.0748. The summed E-state index contributed by atoms with van der Waals surface area (Å²) in [6.07, 6.45) is 2.80. The van der Waals surface area contributed by atoms with Crippen molar-refractivity contribution in [2.45, 2.75) is 0 Å². The number of aromatic nitrogens is 2. The summed E-state index contributed by atoms with van der Waals surface area (Å²) in [7, 11) is 1.53. The zero-order valence-electron chi connectivity index (χ0n) is 20.3. The van der Waals surface area contributed by atoms with Gasteiger partial charge in [-0.05, 0) is 36.4 Å². The minimum atomic E-state index is -0.601. The van der Waals surface area contributed by atoms with Gasteiger partial charge in [0.25, 0.3) is 11.5 Å². The zero-order valence-corrected chi connectivity index (χ0v) is 20.3. The largest absolute Gasteiger partial charge is 0.497 e. The Labute approximate surface area is 213 Å². The van der Waals surface area contributed by atoms with Crippen LogP contribution in [0.2, 0.25) is 0 Å². The fraction of sp³-hybridized carbons (Fsp3) is 0.185. The van der Waals surface area contributed by atoms with Crippen LogP contribution in [-0.4, -0.2) is 59.5 Å². The summed E-state index contributed by atoms with van der Waals surface area (Å²) in [6.45, 7) is 2.54. The molecule has 0 unspecified atom stereocenters. The smallest absolute Gasteiger partial charge is 0.323 e. The second kappa shape index (κ2) is 10.4. The summed E-state index contributed by atoms with van der Waals surface area (Å²) in [5, 5.41) is 5.19. The Morgan fingerprint density at radius 2 is 1.70 bits per heavy atom. The topological polar surface area (TPSA) is 108 Å². The molecule has 2 aromatic heterocycles. The van der Waals surface area contributed by atoms with Gasteiger partial charge in [0.05, 0.1) is 18.9 Å². The Morgan fingerprint density at radius 1 is 0.919 bits per heavy atom. The van der Waals surface area contributed by atoms with Crippen molar-refractivity contribution in [1.29, 1.82) is 0 Å². The molecule has 0 bridgehead atoms. The molecule has 1 aliphatic rings. The van der Waals surface area contributed by atoms with Gasteiger partial charge in [-0.3, -0.25) is 14.0 Å². The van der Waals surface area contributed by atoms with E-state index in [4.69, 9.17) is 4.74 Å². The van der Waals surface area contributed by atoms with E-state index in [2.05, 4.69) is 32.7 Å². The van der Waals surface area contributed by atoms with Crippen LogP contribution in [0.5, 0.6) is 5.75 Å². The van der Waals surface area contributed by atoms with Crippen molar-refractivity contribution < 1.29 is 14.3 Å². The summed E-state index contributed by atoms with van der Waals surface area (Å²) < 4.78 is 6.43. The Morgan fingerprint density at radius 3 is 2.46 bits per heavy atom. The molecule has 10 heteroatoms. The summed E-state index contributed by atoms with van der Waals surface area (Å²) >= 11 is 0. The summed E-state index contributed by atoms with van der Waals surface area (Å²) in [5.74, 6) is 0.401. The molecule has 37 heavy (non-hydrogen) atoms. The molecule has 10 nitrogen and oxygen atoms in total. The molecule has 1 saturated heterocycles. The fourth-order valence-corrected chi connectivity index (χ4v) is 4.32. The quantitative estimate of drug-likeness (QED) is 0.437. The van der Waals surface area contributed by atoms with Crippen LogP contribution in [0.15, 0.2) is 83.9 Å². The van der Waals surface area contributed by atoms with Gasteiger partial charge < -0.3 is 25.2 Å². The number of ether oxygens (including phenoxy) is 1. The number of rotatable bonds is 5. The van der Waals surface area contributed by atoms with Crippen molar-refractivity contribution in [3.8, 4) is 5.75 Å². The fourth-order valence-electron chi connectivity index (χ4n) is 4.32. The van der Waals surface area contributed by atoms with Crippen LogP contribution in [0, 0.1) is 0 Å². The van der Waals surface area contributed by atoms with Gasteiger partial charge in [-0.2, -0.15) is 0 Å². The van der Waals surface area contributed by atoms with Crippen LogP contribution in [0.25, 0.3) is 5.65 Å². The summed E-state index contributed by atoms with van der Waals surface area (Å²) in [4.78, 5) is 47.3. The van der Waals surface area contributed by atoms with Crippen molar-refractivity contribution in [2.24, 2.45) is 0 Å². The van der Waals surface area contributed by atoms with E-state index in [1.54, 1.807) is 41.3 Å². The highest BCUT2D eigenvalue weighted by molar-refractivity contribution is 6.01. The number of hydrogen-bond acceptors (Lipinski definition) is 6. The molecule has 2 N–H and O–H groups in total. The van der Waals surface area contributed by atoms with Crippen LogP contribution in [-0.2, 0) is 0 Å². The number of benzene rings is 2. The predicted molar refractivity (Wildman–Crippen MR) is 142 cm³/mol. The number of nitrogens with zero attached hydrogens (tertiary/aromatic N) is 4. The maximum Gasteiger partial charge on any atom is 0.323 e. The van der Waals surface area contributed by atoms with Crippen LogP contribution >= 0.6 is 0 Å². The molecule has 2 aromatic carbocycles. The monoisotopic (exact) mass is 498 g/mol. The number of nitrogens with one attached hydrogen (secondary N) is 2. The van der Waals surface area contributed by atoms with Crippen LogP contribution in [0.1, 0.15) is 10.4 Å². The second-order valence-electron chi connectivity index (χ2n) is 8.52. The van der Waals surface area contributed by atoms with E-state index in [9.17, 15) is 14.4 Å². The number of hydrogen-bond donors (Lipinski definition) is 2. The number of piperazine rings is 1. The Bertz CT molecular complexity index is 1500. The first-order valence-corrected chi connectivity index (χ1v) is 11.9. The molecule has 0 radical (unpaired) electrons. The van der Waals surface area contributed by atoms with Crippen molar-refractivity contribution >= 4 is 34.6 Å². The number of urea groups is 1. The van der Waals surface area contributed by atoms with Gasteiger partial charge >= 0.3 is 6.03 Å². The van der Waals surface area contributed by atoms with E-state index < -0.39 is 11.6 Å². The van der Waals surface area contributed by atoms with E-state index in [0.29, 0.717) is 43.2 Å². The molecule has 5 rings (SSSR count). The minimum absolute atomic E-state index is 0.0148. The zero-order chi connectivity index (χ0) is 25.8. The van der Waals surface area contributed by atoms with Crippen LogP contribution in [0.4, 0.5) is 21.9 Å². The third kappa shape index (κ3) is 5.08. The molecule has 4 aromatic rings. The first kappa shape index (κ1) is 23.9. The van der Waals surface area contributed by atoms with E-state index in [1.165, 1.54) is 23.9 Å². The average Bonchev–Trinajstić information content (AvgIpc) is 2.94. The van der Waals surface area contributed by atoms with Gasteiger partial charge in [-0.15, -0.1) is 0 Å². The molecule has 0 aliphatic carbocycles. The summed E-state index contributed by atoms with van der Waals surface area (Å²) in [5.41, 5.74) is 1.70. The summed E-state index contributed by atoms with van der Waals surface area (Å²) in [6, 6.07) is 19.6. The normalized spacial score (nSPS) is 13.3. The number of carbonyl (C=O) groups excluding carboxylic acids is 2. The number of pyridine rings is 1. The van der Waals surface area contributed by atoms with Gasteiger partial charge in [0, 0.05) is 49.8 Å². The number of amides is 3. The highest BCUT2D eigenvalue weighted by Crippen LogP contribution is 2.19. The van der Waals surface area contributed by atoms with E-state index in [1.807, 2.05) is 18.2 Å². The molecule has 1 aliphatic heterocycles. The minimum Gasteiger partial charge on any atom is -0.497 e. The Kier molecular flexibility index (Phi) is 6.71.